The van der Waals surface area contributed by atoms with Crippen LogP contribution in [0.4, 0.5) is 15.8 Å². The first kappa shape index (κ1) is 17.2. The van der Waals surface area contributed by atoms with Crippen molar-refractivity contribution >= 4 is 17.3 Å². The van der Waals surface area contributed by atoms with Gasteiger partial charge in [0, 0.05) is 24.8 Å². The summed E-state index contributed by atoms with van der Waals surface area (Å²) in [4.78, 5) is 15.6. The van der Waals surface area contributed by atoms with Crippen molar-refractivity contribution in [3.8, 4) is 0 Å². The molecule has 0 saturated carbocycles. The second-order valence-electron chi connectivity index (χ2n) is 5.28. The van der Waals surface area contributed by atoms with Crippen LogP contribution >= 0.6 is 0 Å². The number of carbonyl (C=O) groups is 1. The van der Waals surface area contributed by atoms with Crippen molar-refractivity contribution in [2.24, 2.45) is 0 Å². The molecule has 0 radical (unpaired) electrons. The molecule has 0 saturated heterocycles. The molecule has 0 amide bonds. The lowest BCUT2D eigenvalue weighted by Crippen LogP contribution is -2.40. The summed E-state index contributed by atoms with van der Waals surface area (Å²) in [7, 11) is 5.20. The van der Waals surface area contributed by atoms with Crippen LogP contribution in [0.3, 0.4) is 0 Å². The fourth-order valence-electron chi connectivity index (χ4n) is 2.43. The molecule has 1 aromatic carbocycles. The summed E-state index contributed by atoms with van der Waals surface area (Å²) in [6.45, 7) is 5.35. The lowest BCUT2D eigenvalue weighted by atomic mass is 10.1. The minimum absolute atomic E-state index is 0.0828. The fraction of sp³-hybridized carbons (Fsp3) is 0.533. The predicted octanol–water partition coefficient (Wildman–Crippen LogP) is 1.97. The van der Waals surface area contributed by atoms with Crippen LogP contribution in [-0.4, -0.2) is 51.2 Å². The Morgan fingerprint density at radius 1 is 1.43 bits per heavy atom. The van der Waals surface area contributed by atoms with Crippen LogP contribution < -0.4 is 10.6 Å². The number of methoxy groups -OCH3 is 1. The smallest absolute Gasteiger partial charge is 0.340 e. The Balaban J connectivity index is 3.23. The molecular formula is C15H24FN3O2. The Bertz CT molecular complexity index is 506. The van der Waals surface area contributed by atoms with E-state index in [9.17, 15) is 9.18 Å². The summed E-state index contributed by atoms with van der Waals surface area (Å²) >= 11 is 0. The van der Waals surface area contributed by atoms with Crippen molar-refractivity contribution in [2.45, 2.75) is 19.9 Å². The van der Waals surface area contributed by atoms with Gasteiger partial charge in [0.1, 0.15) is 5.82 Å². The fourth-order valence-corrected chi connectivity index (χ4v) is 2.43. The maximum atomic E-state index is 14.2. The number of esters is 1. The molecular weight excluding hydrogens is 273 g/mol. The van der Waals surface area contributed by atoms with E-state index in [0.717, 1.165) is 6.54 Å². The van der Waals surface area contributed by atoms with E-state index in [4.69, 9.17) is 5.73 Å². The highest BCUT2D eigenvalue weighted by Crippen LogP contribution is 2.27. The number of nitrogens with two attached hydrogens (primary N) is 1. The Hall–Kier alpha value is -1.82. The highest BCUT2D eigenvalue weighted by molar-refractivity contribution is 5.96. The first-order chi connectivity index (χ1) is 9.81. The zero-order valence-corrected chi connectivity index (χ0v) is 13.3. The Kier molecular flexibility index (Phi) is 5.96. The highest BCUT2D eigenvalue weighted by atomic mass is 19.1. The van der Waals surface area contributed by atoms with Crippen LogP contribution in [0.5, 0.6) is 0 Å². The molecule has 1 aromatic rings. The van der Waals surface area contributed by atoms with Crippen molar-refractivity contribution in [3.63, 3.8) is 0 Å². The van der Waals surface area contributed by atoms with Crippen molar-refractivity contribution in [1.29, 1.82) is 0 Å². The van der Waals surface area contributed by atoms with E-state index < -0.39 is 11.8 Å². The molecule has 1 unspecified atom stereocenters. The van der Waals surface area contributed by atoms with E-state index in [1.165, 1.54) is 19.2 Å². The lowest BCUT2D eigenvalue weighted by molar-refractivity contribution is 0.0602. The topological polar surface area (TPSA) is 58.8 Å². The molecule has 0 aliphatic heterocycles. The summed E-state index contributed by atoms with van der Waals surface area (Å²) in [5, 5.41) is 0. The summed E-state index contributed by atoms with van der Waals surface area (Å²) in [6.07, 6.45) is 0. The third kappa shape index (κ3) is 4.07. The number of likely N-dealkylation sites (N-methyl/N-ethyl adjacent to an activating group) is 2. The van der Waals surface area contributed by atoms with Gasteiger partial charge in [-0.15, -0.1) is 0 Å². The maximum Gasteiger partial charge on any atom is 0.340 e. The molecule has 0 bridgehead atoms. The Morgan fingerprint density at radius 3 is 2.52 bits per heavy atom. The quantitative estimate of drug-likeness (QED) is 0.642. The Labute approximate surface area is 125 Å². The molecule has 0 fully saturated rings. The van der Waals surface area contributed by atoms with Crippen LogP contribution in [0.2, 0.25) is 0 Å². The number of nitrogens with zero attached hydrogens (tertiary/aromatic N) is 2. The molecule has 6 heteroatoms. The number of halogens is 1. The van der Waals surface area contributed by atoms with Gasteiger partial charge in [0.15, 0.2) is 0 Å². The SMILES string of the molecule is CCN(c1cc(C(=O)OC)c(N)cc1F)C(C)CN(C)C. The minimum atomic E-state index is -0.565. The van der Waals surface area contributed by atoms with Crippen molar-refractivity contribution in [1.82, 2.24) is 4.90 Å². The van der Waals surface area contributed by atoms with Crippen molar-refractivity contribution in [2.75, 3.05) is 44.9 Å². The van der Waals surface area contributed by atoms with Gasteiger partial charge in [-0.25, -0.2) is 9.18 Å². The van der Waals surface area contributed by atoms with Crippen LogP contribution in [-0.2, 0) is 4.74 Å². The number of benzene rings is 1. The molecule has 21 heavy (non-hydrogen) atoms. The van der Waals surface area contributed by atoms with Gasteiger partial charge in [-0.1, -0.05) is 0 Å². The lowest BCUT2D eigenvalue weighted by Gasteiger charge is -2.32. The molecule has 0 spiro atoms. The summed E-state index contributed by atoms with van der Waals surface area (Å²) in [6, 6.07) is 2.73. The number of hydrogen-bond donors (Lipinski definition) is 1. The van der Waals surface area contributed by atoms with E-state index in [0.29, 0.717) is 12.2 Å². The molecule has 0 aliphatic carbocycles. The average Bonchev–Trinajstić information content (AvgIpc) is 2.40. The normalized spacial score (nSPS) is 12.3. The van der Waals surface area contributed by atoms with Gasteiger partial charge in [0.2, 0.25) is 0 Å². The first-order valence-corrected chi connectivity index (χ1v) is 6.90. The van der Waals surface area contributed by atoms with E-state index >= 15 is 0 Å². The number of hydrogen-bond acceptors (Lipinski definition) is 5. The van der Waals surface area contributed by atoms with Gasteiger partial charge in [0.05, 0.1) is 18.4 Å². The van der Waals surface area contributed by atoms with Gasteiger partial charge in [0.25, 0.3) is 0 Å². The van der Waals surface area contributed by atoms with E-state index in [1.807, 2.05) is 37.7 Å². The number of anilines is 2. The van der Waals surface area contributed by atoms with Gasteiger partial charge in [-0.2, -0.15) is 0 Å². The summed E-state index contributed by atoms with van der Waals surface area (Å²) in [5.74, 6) is -1.00. The first-order valence-electron chi connectivity index (χ1n) is 6.90. The molecule has 118 valence electrons. The molecule has 0 aliphatic rings. The van der Waals surface area contributed by atoms with Crippen LogP contribution in [0.15, 0.2) is 12.1 Å². The maximum absolute atomic E-state index is 14.2. The van der Waals surface area contributed by atoms with Gasteiger partial charge in [-0.3, -0.25) is 0 Å². The second-order valence-corrected chi connectivity index (χ2v) is 5.28. The van der Waals surface area contributed by atoms with Gasteiger partial charge in [-0.05, 0) is 40.1 Å². The van der Waals surface area contributed by atoms with Crippen molar-refractivity contribution < 1.29 is 13.9 Å². The molecule has 1 rings (SSSR count). The standard InChI is InChI=1S/C15H24FN3O2/c1-6-19(10(2)9-18(3)4)14-7-11(15(20)21-5)13(17)8-12(14)16/h7-8,10H,6,9,17H2,1-5H3. The number of carbonyl (C=O) groups excluding carboxylic acids is 1. The van der Waals surface area contributed by atoms with Crippen molar-refractivity contribution in [3.05, 3.63) is 23.5 Å². The van der Waals surface area contributed by atoms with E-state index in [2.05, 4.69) is 4.74 Å². The van der Waals surface area contributed by atoms with E-state index in [1.54, 1.807) is 0 Å². The second kappa shape index (κ2) is 7.26. The summed E-state index contributed by atoms with van der Waals surface area (Å²) in [5.41, 5.74) is 6.33. The number of rotatable bonds is 6. The third-order valence-corrected chi connectivity index (χ3v) is 3.34. The average molecular weight is 297 g/mol. The zero-order valence-electron chi connectivity index (χ0n) is 13.3. The largest absolute Gasteiger partial charge is 0.465 e. The minimum Gasteiger partial charge on any atom is -0.465 e. The molecule has 0 aromatic heterocycles. The van der Waals surface area contributed by atoms with Crippen LogP contribution in [0.25, 0.3) is 0 Å². The third-order valence-electron chi connectivity index (χ3n) is 3.34. The number of nitrogen functional groups attached to an aromatic ring is 1. The van der Waals surface area contributed by atoms with Gasteiger partial charge >= 0.3 is 5.97 Å². The molecule has 0 heterocycles. The monoisotopic (exact) mass is 297 g/mol. The number of ether oxygens (including phenoxy) is 1. The molecule has 2 N–H and O–H groups in total. The predicted molar refractivity (Wildman–Crippen MR) is 83.2 cm³/mol. The van der Waals surface area contributed by atoms with Crippen LogP contribution in [0, 0.1) is 5.82 Å². The Morgan fingerprint density at radius 2 is 2.05 bits per heavy atom. The molecule has 5 nitrogen and oxygen atoms in total. The molecule has 1 atom stereocenters. The van der Waals surface area contributed by atoms with Gasteiger partial charge < -0.3 is 20.3 Å². The highest BCUT2D eigenvalue weighted by Gasteiger charge is 2.21. The zero-order chi connectivity index (χ0) is 16.2. The van der Waals surface area contributed by atoms with Crippen LogP contribution in [0.1, 0.15) is 24.2 Å². The van der Waals surface area contributed by atoms with E-state index in [-0.39, 0.29) is 17.3 Å². The summed E-state index contributed by atoms with van der Waals surface area (Å²) < 4.78 is 18.9.